The zero-order valence-electron chi connectivity index (χ0n) is 8.89. The third-order valence-corrected chi connectivity index (χ3v) is 3.18. The number of hydrogen-bond donors (Lipinski definition) is 0. The SMILES string of the molecule is CC(=O)CCC(C)c1ccc(Cl)c(Cl)c1. The van der Waals surface area contributed by atoms with Crippen molar-refractivity contribution in [3.05, 3.63) is 33.8 Å². The second-order valence-corrected chi connectivity index (χ2v) is 4.63. The minimum atomic E-state index is 0.224. The van der Waals surface area contributed by atoms with Crippen molar-refractivity contribution in [3.8, 4) is 0 Å². The fraction of sp³-hybridized carbons (Fsp3) is 0.417. The highest BCUT2D eigenvalue weighted by Gasteiger charge is 2.08. The Labute approximate surface area is 100 Å². The molecule has 1 aromatic carbocycles. The lowest BCUT2D eigenvalue weighted by Gasteiger charge is -2.11. The molecule has 0 fully saturated rings. The van der Waals surface area contributed by atoms with E-state index in [0.717, 1.165) is 12.0 Å². The standard InChI is InChI=1S/C12H14Cl2O/c1-8(3-4-9(2)15)10-5-6-11(13)12(14)7-10/h5-8H,3-4H2,1-2H3. The summed E-state index contributed by atoms with van der Waals surface area (Å²) in [5, 5.41) is 1.14. The van der Waals surface area contributed by atoms with Crippen LogP contribution in [0.15, 0.2) is 18.2 Å². The molecule has 0 bridgehead atoms. The lowest BCUT2D eigenvalue weighted by molar-refractivity contribution is -0.117. The monoisotopic (exact) mass is 244 g/mol. The molecule has 0 aliphatic carbocycles. The summed E-state index contributed by atoms with van der Waals surface area (Å²) in [4.78, 5) is 10.9. The molecule has 0 saturated heterocycles. The average Bonchev–Trinajstić information content (AvgIpc) is 2.18. The second-order valence-electron chi connectivity index (χ2n) is 3.82. The van der Waals surface area contributed by atoms with E-state index < -0.39 is 0 Å². The van der Waals surface area contributed by atoms with Crippen LogP contribution < -0.4 is 0 Å². The smallest absolute Gasteiger partial charge is 0.129 e. The van der Waals surface area contributed by atoms with Crippen LogP contribution in [0.4, 0.5) is 0 Å². The lowest BCUT2D eigenvalue weighted by Crippen LogP contribution is -1.98. The van der Waals surface area contributed by atoms with E-state index in [9.17, 15) is 4.79 Å². The summed E-state index contributed by atoms with van der Waals surface area (Å²) in [6.07, 6.45) is 1.47. The van der Waals surface area contributed by atoms with Crippen molar-refractivity contribution in [1.82, 2.24) is 0 Å². The predicted octanol–water partition coefficient (Wildman–Crippen LogP) is 4.47. The molecule has 82 valence electrons. The Morgan fingerprint density at radius 2 is 2.00 bits per heavy atom. The number of rotatable bonds is 4. The van der Waals surface area contributed by atoms with Gasteiger partial charge in [0.25, 0.3) is 0 Å². The van der Waals surface area contributed by atoms with Crippen molar-refractivity contribution in [3.63, 3.8) is 0 Å². The molecule has 0 aliphatic heterocycles. The summed E-state index contributed by atoms with van der Waals surface area (Å²) < 4.78 is 0. The van der Waals surface area contributed by atoms with Crippen molar-refractivity contribution < 1.29 is 4.79 Å². The first kappa shape index (κ1) is 12.5. The number of hydrogen-bond acceptors (Lipinski definition) is 1. The fourth-order valence-corrected chi connectivity index (χ4v) is 1.71. The topological polar surface area (TPSA) is 17.1 Å². The molecule has 0 heterocycles. The highest BCUT2D eigenvalue weighted by Crippen LogP contribution is 2.28. The lowest BCUT2D eigenvalue weighted by atomic mass is 9.95. The molecule has 0 aliphatic rings. The Morgan fingerprint density at radius 3 is 2.53 bits per heavy atom. The normalized spacial score (nSPS) is 12.5. The van der Waals surface area contributed by atoms with Crippen LogP contribution in [0.3, 0.4) is 0 Å². The van der Waals surface area contributed by atoms with Gasteiger partial charge in [0.15, 0.2) is 0 Å². The van der Waals surface area contributed by atoms with Gasteiger partial charge >= 0.3 is 0 Å². The van der Waals surface area contributed by atoms with E-state index in [1.165, 1.54) is 0 Å². The van der Waals surface area contributed by atoms with E-state index in [-0.39, 0.29) is 5.78 Å². The zero-order chi connectivity index (χ0) is 11.4. The van der Waals surface area contributed by atoms with E-state index in [4.69, 9.17) is 23.2 Å². The van der Waals surface area contributed by atoms with E-state index in [1.54, 1.807) is 13.0 Å². The minimum Gasteiger partial charge on any atom is -0.300 e. The maximum Gasteiger partial charge on any atom is 0.129 e. The first-order valence-corrected chi connectivity index (χ1v) is 5.70. The molecule has 0 radical (unpaired) electrons. The van der Waals surface area contributed by atoms with Gasteiger partial charge in [0.2, 0.25) is 0 Å². The molecular weight excluding hydrogens is 231 g/mol. The summed E-state index contributed by atoms with van der Waals surface area (Å²) in [5.74, 6) is 0.561. The Balaban J connectivity index is 2.69. The molecule has 3 heteroatoms. The quantitative estimate of drug-likeness (QED) is 0.764. The summed E-state index contributed by atoms with van der Waals surface area (Å²) in [6.45, 7) is 3.70. The van der Waals surface area contributed by atoms with Gasteiger partial charge in [0, 0.05) is 6.42 Å². The van der Waals surface area contributed by atoms with Crippen molar-refractivity contribution in [2.24, 2.45) is 0 Å². The Kier molecular flexibility index (Phi) is 4.62. The maximum atomic E-state index is 10.9. The van der Waals surface area contributed by atoms with Crippen molar-refractivity contribution >= 4 is 29.0 Å². The number of ketones is 1. The molecule has 0 saturated carbocycles. The van der Waals surface area contributed by atoms with Gasteiger partial charge in [0.05, 0.1) is 10.0 Å². The molecule has 1 rings (SSSR count). The van der Waals surface area contributed by atoms with Crippen LogP contribution in [-0.4, -0.2) is 5.78 Å². The van der Waals surface area contributed by atoms with E-state index in [2.05, 4.69) is 6.92 Å². The van der Waals surface area contributed by atoms with Crippen LogP contribution >= 0.6 is 23.2 Å². The van der Waals surface area contributed by atoms with Gasteiger partial charge in [-0.3, -0.25) is 0 Å². The highest BCUT2D eigenvalue weighted by molar-refractivity contribution is 6.42. The number of carbonyl (C=O) groups excluding carboxylic acids is 1. The molecule has 1 aromatic rings. The van der Waals surface area contributed by atoms with Gasteiger partial charge in [-0.2, -0.15) is 0 Å². The van der Waals surface area contributed by atoms with Gasteiger partial charge in [-0.1, -0.05) is 36.2 Å². The summed E-state index contributed by atoms with van der Waals surface area (Å²) >= 11 is 11.7. The second kappa shape index (κ2) is 5.53. The third-order valence-electron chi connectivity index (χ3n) is 2.44. The summed E-state index contributed by atoms with van der Waals surface area (Å²) in [5.41, 5.74) is 1.13. The Hall–Kier alpha value is -0.530. The molecule has 0 aromatic heterocycles. The molecule has 0 N–H and O–H groups in total. The minimum absolute atomic E-state index is 0.224. The number of Topliss-reactive ketones (excluding diaryl/α,β-unsaturated/α-hetero) is 1. The third kappa shape index (κ3) is 3.84. The highest BCUT2D eigenvalue weighted by atomic mass is 35.5. The van der Waals surface area contributed by atoms with Crippen LogP contribution in [0, 0.1) is 0 Å². The fourth-order valence-electron chi connectivity index (χ4n) is 1.41. The van der Waals surface area contributed by atoms with Crippen molar-refractivity contribution in [2.75, 3.05) is 0 Å². The van der Waals surface area contributed by atoms with Crippen LogP contribution in [0.5, 0.6) is 0 Å². The molecule has 1 unspecified atom stereocenters. The molecule has 1 atom stereocenters. The Bertz CT molecular complexity index is 361. The van der Waals surface area contributed by atoms with E-state index >= 15 is 0 Å². The molecule has 1 nitrogen and oxygen atoms in total. The van der Waals surface area contributed by atoms with Gasteiger partial charge in [-0.25, -0.2) is 0 Å². The molecule has 0 spiro atoms. The number of benzene rings is 1. The van der Waals surface area contributed by atoms with Crippen LogP contribution in [-0.2, 0) is 4.79 Å². The zero-order valence-corrected chi connectivity index (χ0v) is 10.4. The molecule has 0 amide bonds. The summed E-state index contributed by atoms with van der Waals surface area (Å²) in [6, 6.07) is 5.62. The Morgan fingerprint density at radius 1 is 1.33 bits per heavy atom. The number of carbonyl (C=O) groups is 1. The molecular formula is C12H14Cl2O. The number of halogens is 2. The molecule has 15 heavy (non-hydrogen) atoms. The van der Waals surface area contributed by atoms with Crippen LogP contribution in [0.25, 0.3) is 0 Å². The maximum absolute atomic E-state index is 10.9. The van der Waals surface area contributed by atoms with Crippen LogP contribution in [0.2, 0.25) is 10.0 Å². The first-order valence-electron chi connectivity index (χ1n) is 4.95. The van der Waals surface area contributed by atoms with E-state index in [0.29, 0.717) is 22.4 Å². The van der Waals surface area contributed by atoms with E-state index in [1.807, 2.05) is 12.1 Å². The van der Waals surface area contributed by atoms with Gasteiger partial charge in [0.1, 0.15) is 5.78 Å². The first-order chi connectivity index (χ1) is 7.00. The predicted molar refractivity (Wildman–Crippen MR) is 64.8 cm³/mol. The van der Waals surface area contributed by atoms with Gasteiger partial charge < -0.3 is 4.79 Å². The average molecular weight is 245 g/mol. The van der Waals surface area contributed by atoms with Crippen LogP contribution in [0.1, 0.15) is 38.2 Å². The largest absolute Gasteiger partial charge is 0.300 e. The summed E-state index contributed by atoms with van der Waals surface area (Å²) in [7, 11) is 0. The van der Waals surface area contributed by atoms with Crippen molar-refractivity contribution in [2.45, 2.75) is 32.6 Å². The van der Waals surface area contributed by atoms with Gasteiger partial charge in [-0.15, -0.1) is 0 Å². The van der Waals surface area contributed by atoms with Crippen molar-refractivity contribution in [1.29, 1.82) is 0 Å². The van der Waals surface area contributed by atoms with Gasteiger partial charge in [-0.05, 0) is 37.0 Å².